The highest BCUT2D eigenvalue weighted by Crippen LogP contribution is 2.20. The van der Waals surface area contributed by atoms with Crippen molar-refractivity contribution in [2.45, 2.75) is 13.5 Å². The molecule has 1 heterocycles. The molecule has 0 aliphatic rings. The molecule has 7 heteroatoms. The van der Waals surface area contributed by atoms with E-state index in [4.69, 9.17) is 4.74 Å². The summed E-state index contributed by atoms with van der Waals surface area (Å²) < 4.78 is 9.63. The van der Waals surface area contributed by atoms with Crippen LogP contribution in [0.25, 0.3) is 0 Å². The third-order valence-electron chi connectivity index (χ3n) is 3.10. The summed E-state index contributed by atoms with van der Waals surface area (Å²) in [5, 5.41) is 2.69. The van der Waals surface area contributed by atoms with E-state index < -0.39 is 17.8 Å². The Hall–Kier alpha value is -3.22. The molecule has 1 aromatic carbocycles. The largest absolute Gasteiger partial charge is 0.465 e. The van der Waals surface area contributed by atoms with Crippen molar-refractivity contribution in [3.8, 4) is 0 Å². The Balaban J connectivity index is 2.28. The number of methoxy groups -OCH3 is 1. The lowest BCUT2D eigenvalue weighted by atomic mass is 10.1. The smallest absolute Gasteiger partial charge is 0.337 e. The van der Waals surface area contributed by atoms with Crippen LogP contribution in [0.15, 0.2) is 42.6 Å². The van der Waals surface area contributed by atoms with E-state index >= 15 is 0 Å². The summed E-state index contributed by atoms with van der Waals surface area (Å²) in [7, 11) is 1.27. The Morgan fingerprint density at radius 2 is 1.96 bits per heavy atom. The van der Waals surface area contributed by atoms with E-state index in [9.17, 15) is 14.4 Å². The van der Waals surface area contributed by atoms with Gasteiger partial charge in [-0.25, -0.2) is 4.79 Å². The van der Waals surface area contributed by atoms with Gasteiger partial charge in [0.1, 0.15) is 12.3 Å². The summed E-state index contributed by atoms with van der Waals surface area (Å²) in [5.41, 5.74) is 1.42. The molecule has 0 unspecified atom stereocenters. The number of carbonyl (C=O) groups is 3. The molecular formula is C17H16N2O5. The first-order valence-corrected chi connectivity index (χ1v) is 7.08. The fraction of sp³-hybridized carbons (Fsp3) is 0.176. The standard InChI is InChI=1S/C17H16N2O5/c1-11(20)24-10-13-9-12(17(22)23-2)6-7-14(13)19-16(21)15-5-3-4-8-18-15/h3-9H,10H2,1-2H3,(H,19,21). The summed E-state index contributed by atoms with van der Waals surface area (Å²) in [6.07, 6.45) is 1.51. The summed E-state index contributed by atoms with van der Waals surface area (Å²) >= 11 is 0. The molecule has 7 nitrogen and oxygen atoms in total. The number of pyridine rings is 1. The highest BCUT2D eigenvalue weighted by atomic mass is 16.5. The van der Waals surface area contributed by atoms with E-state index in [1.165, 1.54) is 32.4 Å². The van der Waals surface area contributed by atoms with Crippen molar-refractivity contribution in [1.29, 1.82) is 0 Å². The Morgan fingerprint density at radius 1 is 1.17 bits per heavy atom. The first kappa shape index (κ1) is 17.1. The van der Waals surface area contributed by atoms with Gasteiger partial charge in [-0.2, -0.15) is 0 Å². The summed E-state index contributed by atoms with van der Waals surface area (Å²) in [5.74, 6) is -1.41. The second kappa shape index (κ2) is 7.87. The number of nitrogens with one attached hydrogen (secondary N) is 1. The van der Waals surface area contributed by atoms with Gasteiger partial charge in [-0.1, -0.05) is 6.07 Å². The normalized spacial score (nSPS) is 9.92. The zero-order valence-corrected chi connectivity index (χ0v) is 13.2. The molecule has 24 heavy (non-hydrogen) atoms. The van der Waals surface area contributed by atoms with Crippen molar-refractivity contribution >= 4 is 23.5 Å². The second-order valence-electron chi connectivity index (χ2n) is 4.81. The predicted octanol–water partition coefficient (Wildman–Crippen LogP) is 2.18. The number of ether oxygens (including phenoxy) is 2. The van der Waals surface area contributed by atoms with Crippen molar-refractivity contribution in [2.24, 2.45) is 0 Å². The highest BCUT2D eigenvalue weighted by Gasteiger charge is 2.14. The van der Waals surface area contributed by atoms with Crippen molar-refractivity contribution in [2.75, 3.05) is 12.4 Å². The molecule has 0 saturated heterocycles. The van der Waals surface area contributed by atoms with Gasteiger partial charge in [0, 0.05) is 24.4 Å². The molecule has 124 valence electrons. The highest BCUT2D eigenvalue weighted by molar-refractivity contribution is 6.03. The minimum absolute atomic E-state index is 0.0853. The molecule has 1 N–H and O–H groups in total. The Bertz CT molecular complexity index is 759. The molecule has 0 saturated carbocycles. The molecule has 0 atom stereocenters. The van der Waals surface area contributed by atoms with Crippen LogP contribution in [0.3, 0.4) is 0 Å². The van der Waals surface area contributed by atoms with Gasteiger partial charge in [-0.3, -0.25) is 14.6 Å². The molecule has 0 bridgehead atoms. The van der Waals surface area contributed by atoms with Crippen molar-refractivity contribution in [3.05, 3.63) is 59.4 Å². The fourth-order valence-corrected chi connectivity index (χ4v) is 1.94. The molecule has 2 aromatic rings. The number of nitrogens with zero attached hydrogens (tertiary/aromatic N) is 1. The number of hydrogen-bond donors (Lipinski definition) is 1. The molecule has 0 radical (unpaired) electrons. The lowest BCUT2D eigenvalue weighted by Gasteiger charge is -2.12. The zero-order chi connectivity index (χ0) is 17.5. The third-order valence-corrected chi connectivity index (χ3v) is 3.10. The van der Waals surface area contributed by atoms with E-state index in [0.29, 0.717) is 11.3 Å². The number of esters is 2. The minimum Gasteiger partial charge on any atom is -0.465 e. The zero-order valence-electron chi connectivity index (χ0n) is 13.2. The fourth-order valence-electron chi connectivity index (χ4n) is 1.94. The monoisotopic (exact) mass is 328 g/mol. The number of rotatable bonds is 5. The van der Waals surface area contributed by atoms with Crippen LogP contribution in [0.5, 0.6) is 0 Å². The van der Waals surface area contributed by atoms with E-state index in [0.717, 1.165) is 0 Å². The first-order chi connectivity index (χ1) is 11.5. The molecule has 1 amide bonds. The quantitative estimate of drug-likeness (QED) is 0.845. The van der Waals surface area contributed by atoms with Gasteiger partial charge < -0.3 is 14.8 Å². The second-order valence-corrected chi connectivity index (χ2v) is 4.81. The van der Waals surface area contributed by atoms with Crippen molar-refractivity contribution in [3.63, 3.8) is 0 Å². The van der Waals surface area contributed by atoms with Gasteiger partial charge in [-0.05, 0) is 30.3 Å². The maximum absolute atomic E-state index is 12.2. The summed E-state index contributed by atoms with van der Waals surface area (Å²) in [6.45, 7) is 1.19. The van der Waals surface area contributed by atoms with E-state index in [1.54, 1.807) is 24.3 Å². The van der Waals surface area contributed by atoms with Crippen LogP contribution in [-0.4, -0.2) is 29.9 Å². The molecule has 0 fully saturated rings. The van der Waals surface area contributed by atoms with Crippen LogP contribution in [0.2, 0.25) is 0 Å². The molecule has 0 aliphatic heterocycles. The number of hydrogen-bond acceptors (Lipinski definition) is 6. The lowest BCUT2D eigenvalue weighted by molar-refractivity contribution is -0.142. The number of amides is 1. The number of aromatic nitrogens is 1. The molecule has 1 aromatic heterocycles. The van der Waals surface area contributed by atoms with Crippen LogP contribution >= 0.6 is 0 Å². The van der Waals surface area contributed by atoms with E-state index in [-0.39, 0.29) is 17.9 Å². The van der Waals surface area contributed by atoms with Gasteiger partial charge in [0.2, 0.25) is 0 Å². The van der Waals surface area contributed by atoms with Crippen molar-refractivity contribution < 1.29 is 23.9 Å². The molecule has 0 aliphatic carbocycles. The number of benzene rings is 1. The minimum atomic E-state index is -0.526. The van der Waals surface area contributed by atoms with Gasteiger partial charge in [-0.15, -0.1) is 0 Å². The van der Waals surface area contributed by atoms with Gasteiger partial charge in [0.05, 0.1) is 12.7 Å². The van der Waals surface area contributed by atoms with Crippen molar-refractivity contribution in [1.82, 2.24) is 4.98 Å². The number of carbonyl (C=O) groups excluding carboxylic acids is 3. The van der Waals surface area contributed by atoms with Gasteiger partial charge in [0.15, 0.2) is 0 Å². The molecular weight excluding hydrogens is 312 g/mol. The van der Waals surface area contributed by atoms with Gasteiger partial charge >= 0.3 is 11.9 Å². The molecule has 0 spiro atoms. The van der Waals surface area contributed by atoms with Crippen LogP contribution in [0, 0.1) is 0 Å². The number of anilines is 1. The van der Waals surface area contributed by atoms with Gasteiger partial charge in [0.25, 0.3) is 5.91 Å². The van der Waals surface area contributed by atoms with Crippen LogP contribution in [-0.2, 0) is 20.9 Å². The van der Waals surface area contributed by atoms with Crippen LogP contribution in [0.1, 0.15) is 33.3 Å². The Kier molecular flexibility index (Phi) is 5.62. The van der Waals surface area contributed by atoms with E-state index in [2.05, 4.69) is 15.0 Å². The van der Waals surface area contributed by atoms with E-state index in [1.807, 2.05) is 0 Å². The predicted molar refractivity (Wildman–Crippen MR) is 85.4 cm³/mol. The Morgan fingerprint density at radius 3 is 2.58 bits per heavy atom. The summed E-state index contributed by atoms with van der Waals surface area (Å²) in [4.78, 5) is 38.8. The third kappa shape index (κ3) is 4.39. The topological polar surface area (TPSA) is 94.6 Å². The molecule has 2 rings (SSSR count). The lowest BCUT2D eigenvalue weighted by Crippen LogP contribution is -2.16. The maximum atomic E-state index is 12.2. The summed E-state index contributed by atoms with van der Waals surface area (Å²) in [6, 6.07) is 9.53. The Labute approximate surface area is 138 Å². The van der Waals surface area contributed by atoms with Crippen LogP contribution in [0.4, 0.5) is 5.69 Å². The maximum Gasteiger partial charge on any atom is 0.337 e. The average molecular weight is 328 g/mol. The SMILES string of the molecule is COC(=O)c1ccc(NC(=O)c2ccccn2)c(COC(C)=O)c1. The van der Waals surface area contributed by atoms with Crippen LogP contribution < -0.4 is 5.32 Å². The first-order valence-electron chi connectivity index (χ1n) is 7.08. The average Bonchev–Trinajstić information content (AvgIpc) is 2.60.